The fourth-order valence-corrected chi connectivity index (χ4v) is 13.5. The number of ether oxygens (including phenoxy) is 4. The SMILES string of the molecule is CCCN1COc2c3cc(c(O)c2C1)C(CC(C)C)c1cc(c(O)c2c1OCN(CCC)C2)C(CC(C)C)c1cc(c(O)c2c1OCN(CCC)C2)C(CC(C)C)c1cc(c(O)c2c1OCN(CCC)C2)C3CC(C)C. The fourth-order valence-electron chi connectivity index (χ4n) is 13.5. The minimum atomic E-state index is -0.356. The summed E-state index contributed by atoms with van der Waals surface area (Å²) in [6, 6.07) is 8.88. The molecule has 12 nitrogen and oxygen atoms in total. The van der Waals surface area contributed by atoms with E-state index in [9.17, 15) is 20.4 Å². The van der Waals surface area contributed by atoms with E-state index in [0.29, 0.717) is 102 Å². The summed E-state index contributed by atoms with van der Waals surface area (Å²) in [6.45, 7) is 33.6. The minimum Gasteiger partial charge on any atom is -0.507 e. The number of hydrogen-bond acceptors (Lipinski definition) is 12. The smallest absolute Gasteiger partial charge is 0.142 e. The molecule has 0 spiro atoms. The summed E-state index contributed by atoms with van der Waals surface area (Å²) in [7, 11) is 0. The number of benzene rings is 4. The average molecular weight is 1050 g/mol. The molecule has 4 aliphatic heterocycles. The van der Waals surface area contributed by atoms with Gasteiger partial charge in [-0.15, -0.1) is 0 Å². The van der Waals surface area contributed by atoms with Crippen LogP contribution >= 0.6 is 0 Å². The topological polar surface area (TPSA) is 131 Å². The van der Waals surface area contributed by atoms with E-state index in [1.54, 1.807) is 0 Å². The molecule has 9 rings (SSSR count). The summed E-state index contributed by atoms with van der Waals surface area (Å²) >= 11 is 0. The molecule has 416 valence electrons. The molecule has 0 radical (unpaired) electrons. The largest absolute Gasteiger partial charge is 0.507 e. The van der Waals surface area contributed by atoms with Crippen LogP contribution in [0.25, 0.3) is 0 Å². The molecule has 4 aromatic carbocycles. The summed E-state index contributed by atoms with van der Waals surface area (Å²) in [5.41, 5.74) is 10.1. The molecule has 4 heterocycles. The Kier molecular flexibility index (Phi) is 17.4. The van der Waals surface area contributed by atoms with Crippen molar-refractivity contribution in [3.63, 3.8) is 0 Å². The van der Waals surface area contributed by atoms with Crippen molar-refractivity contribution in [3.8, 4) is 46.0 Å². The first-order valence-corrected chi connectivity index (χ1v) is 29.4. The molecule has 0 fully saturated rings. The molecule has 4 atom stereocenters. The van der Waals surface area contributed by atoms with E-state index in [0.717, 1.165) is 119 Å². The first kappa shape index (κ1) is 55.9. The first-order valence-electron chi connectivity index (χ1n) is 29.4. The van der Waals surface area contributed by atoms with Crippen LogP contribution in [0.4, 0.5) is 0 Å². The Labute approximate surface area is 455 Å². The van der Waals surface area contributed by atoms with Crippen molar-refractivity contribution < 1.29 is 39.4 Å². The van der Waals surface area contributed by atoms with Gasteiger partial charge in [-0.1, -0.05) is 83.1 Å². The van der Waals surface area contributed by atoms with Gasteiger partial charge in [-0.05, 0) is 99.3 Å². The summed E-state index contributed by atoms with van der Waals surface area (Å²) in [4.78, 5) is 9.09. The van der Waals surface area contributed by atoms with Crippen LogP contribution in [0.3, 0.4) is 0 Å². The second-order valence-corrected chi connectivity index (χ2v) is 24.9. The number of aromatic hydroxyl groups is 4. The predicted octanol–water partition coefficient (Wildman–Crippen LogP) is 13.8. The second kappa shape index (κ2) is 23.6. The van der Waals surface area contributed by atoms with Gasteiger partial charge in [0.05, 0.1) is 22.3 Å². The van der Waals surface area contributed by atoms with E-state index in [-0.39, 0.29) is 70.3 Å². The third-order valence-corrected chi connectivity index (χ3v) is 16.7. The molecule has 8 bridgehead atoms. The van der Waals surface area contributed by atoms with E-state index in [2.05, 4.69) is 127 Å². The third kappa shape index (κ3) is 11.0. The Balaban J connectivity index is 1.48. The van der Waals surface area contributed by atoms with Gasteiger partial charge in [0, 0.05) is 121 Å². The highest BCUT2D eigenvalue weighted by Gasteiger charge is 2.42. The highest BCUT2D eigenvalue weighted by Crippen LogP contribution is 2.58. The molecule has 0 amide bonds. The van der Waals surface area contributed by atoms with Gasteiger partial charge in [-0.3, -0.25) is 19.6 Å². The molecule has 0 aromatic heterocycles. The van der Waals surface area contributed by atoms with Gasteiger partial charge < -0.3 is 39.4 Å². The van der Waals surface area contributed by atoms with E-state index in [4.69, 9.17) is 18.9 Å². The van der Waals surface area contributed by atoms with Crippen LogP contribution < -0.4 is 18.9 Å². The Hall–Kier alpha value is -4.88. The molecule has 12 heteroatoms. The van der Waals surface area contributed by atoms with Crippen molar-refractivity contribution in [2.45, 2.75) is 184 Å². The van der Waals surface area contributed by atoms with Crippen LogP contribution in [-0.2, 0) is 26.2 Å². The summed E-state index contributed by atoms with van der Waals surface area (Å²) < 4.78 is 27.8. The Bertz CT molecular complexity index is 2350. The Morgan fingerprint density at radius 3 is 0.724 bits per heavy atom. The molecular formula is C64H92N4O8. The fraction of sp³-hybridized carbons (Fsp3) is 0.625. The van der Waals surface area contributed by atoms with Gasteiger partial charge in [-0.2, -0.15) is 0 Å². The maximum Gasteiger partial charge on any atom is 0.142 e. The number of fused-ring (bicyclic) bond motifs is 16. The number of rotatable bonds is 16. The van der Waals surface area contributed by atoms with Gasteiger partial charge in [-0.25, -0.2) is 0 Å². The summed E-state index contributed by atoms with van der Waals surface area (Å²) in [6.07, 6.45) is 6.52. The van der Waals surface area contributed by atoms with Crippen molar-refractivity contribution >= 4 is 0 Å². The van der Waals surface area contributed by atoms with Crippen molar-refractivity contribution in [2.75, 3.05) is 53.1 Å². The summed E-state index contributed by atoms with van der Waals surface area (Å²) in [5, 5.41) is 52.9. The Morgan fingerprint density at radius 1 is 0.355 bits per heavy atom. The van der Waals surface area contributed by atoms with Crippen LogP contribution in [0.15, 0.2) is 24.3 Å². The molecule has 0 saturated carbocycles. The second-order valence-electron chi connectivity index (χ2n) is 24.9. The zero-order chi connectivity index (χ0) is 54.3. The van der Waals surface area contributed by atoms with Crippen LogP contribution in [0, 0.1) is 23.7 Å². The molecular weight excluding hydrogens is 953 g/mol. The molecule has 4 N–H and O–H groups in total. The number of phenolic OH excluding ortho intramolecular Hbond substituents is 4. The molecule has 4 unspecified atom stereocenters. The zero-order valence-electron chi connectivity index (χ0n) is 48.3. The van der Waals surface area contributed by atoms with Gasteiger partial charge in [0.2, 0.25) is 0 Å². The predicted molar refractivity (Wildman–Crippen MR) is 302 cm³/mol. The number of phenols is 4. The normalized spacial score (nSPS) is 20.9. The first-order chi connectivity index (χ1) is 36.5. The van der Waals surface area contributed by atoms with Crippen LogP contribution in [-0.4, -0.2) is 93.1 Å². The number of hydrogen-bond donors (Lipinski definition) is 4. The van der Waals surface area contributed by atoms with Crippen LogP contribution in [0.1, 0.15) is 225 Å². The average Bonchev–Trinajstić information content (AvgIpc) is 3.38. The van der Waals surface area contributed by atoms with Crippen molar-refractivity contribution in [2.24, 2.45) is 23.7 Å². The monoisotopic (exact) mass is 1040 g/mol. The highest BCUT2D eigenvalue weighted by atomic mass is 16.5. The lowest BCUT2D eigenvalue weighted by Crippen LogP contribution is -2.34. The van der Waals surface area contributed by atoms with Crippen LogP contribution in [0.2, 0.25) is 0 Å². The van der Waals surface area contributed by atoms with E-state index >= 15 is 0 Å². The lowest BCUT2D eigenvalue weighted by molar-refractivity contribution is 0.0908. The van der Waals surface area contributed by atoms with Crippen molar-refractivity contribution in [3.05, 3.63) is 91.0 Å². The highest BCUT2D eigenvalue weighted by molar-refractivity contribution is 5.69. The maximum atomic E-state index is 13.2. The quantitative estimate of drug-likeness (QED) is 0.0852. The van der Waals surface area contributed by atoms with Crippen LogP contribution in [0.5, 0.6) is 46.0 Å². The molecule has 0 saturated heterocycles. The van der Waals surface area contributed by atoms with Gasteiger partial charge in [0.1, 0.15) is 72.9 Å². The maximum absolute atomic E-state index is 13.2. The van der Waals surface area contributed by atoms with E-state index in [1.165, 1.54) is 0 Å². The van der Waals surface area contributed by atoms with E-state index in [1.807, 2.05) is 0 Å². The minimum absolute atomic E-state index is 0.204. The van der Waals surface area contributed by atoms with Gasteiger partial charge in [0.15, 0.2) is 0 Å². The lowest BCUT2D eigenvalue weighted by atomic mass is 9.73. The zero-order valence-corrected chi connectivity index (χ0v) is 48.3. The molecule has 5 aliphatic rings. The van der Waals surface area contributed by atoms with Gasteiger partial charge >= 0.3 is 0 Å². The molecule has 1 aliphatic carbocycles. The standard InChI is InChI=1S/C64H92N4O8/c1-13-17-65-29-53-57(69)45-25-49(61(53)73-33-65)42(22-38(7)8)46-26-51(63-54(58(46)70)30-66(18-14-2)35-75-63)44(24-40(11)12)48-28-52(64-56(60(48)72)32-68(20-16-4)36-76-64)43(23-39(9)10)47-27-50(41(45)21-37(5)6)62-55(59(47)71)31-67(19-15-3)34-74-62/h25-28,37-44,69-72H,13-24,29-36H2,1-12H3. The van der Waals surface area contributed by atoms with E-state index < -0.39 is 0 Å². The lowest BCUT2D eigenvalue weighted by Gasteiger charge is -2.39. The molecule has 76 heavy (non-hydrogen) atoms. The number of nitrogens with zero attached hydrogens (tertiary/aromatic N) is 4. The molecule has 4 aromatic rings. The third-order valence-electron chi connectivity index (χ3n) is 16.7. The van der Waals surface area contributed by atoms with Crippen molar-refractivity contribution in [1.29, 1.82) is 0 Å². The Morgan fingerprint density at radius 2 is 0.553 bits per heavy atom. The van der Waals surface area contributed by atoms with Crippen molar-refractivity contribution in [1.82, 2.24) is 19.6 Å². The summed E-state index contributed by atoms with van der Waals surface area (Å²) in [5.74, 6) is 3.09. The van der Waals surface area contributed by atoms with Gasteiger partial charge in [0.25, 0.3) is 0 Å².